The Morgan fingerprint density at radius 3 is 2.63 bits per heavy atom. The third kappa shape index (κ3) is 4.13. The van der Waals surface area contributed by atoms with Crippen LogP contribution in [0, 0.1) is 6.92 Å². The summed E-state index contributed by atoms with van der Waals surface area (Å²) < 4.78 is 4.67. The highest BCUT2D eigenvalue weighted by molar-refractivity contribution is 7.80. The van der Waals surface area contributed by atoms with Crippen LogP contribution in [-0.2, 0) is 9.53 Å². The van der Waals surface area contributed by atoms with Crippen LogP contribution in [0.1, 0.15) is 25.2 Å². The van der Waals surface area contributed by atoms with E-state index < -0.39 is 0 Å². The largest absolute Gasteiger partial charge is 0.468 e. The van der Waals surface area contributed by atoms with E-state index in [0.717, 1.165) is 5.69 Å². The molecule has 1 aromatic heterocycles. The second kappa shape index (κ2) is 6.42. The number of aryl methyl sites for hydroxylation is 1. The molecule has 0 unspecified atom stereocenters. The average molecular weight is 282 g/mol. The van der Waals surface area contributed by atoms with E-state index >= 15 is 0 Å². The number of carbonyl (C=O) groups is 1. The van der Waals surface area contributed by atoms with Gasteiger partial charge in [-0.3, -0.25) is 4.79 Å². The van der Waals surface area contributed by atoms with Gasteiger partial charge in [-0.2, -0.15) is 0 Å². The number of ether oxygens (including phenoxy) is 1. The molecule has 0 aliphatic rings. The van der Waals surface area contributed by atoms with Crippen LogP contribution in [0.2, 0.25) is 0 Å². The van der Waals surface area contributed by atoms with Crippen molar-refractivity contribution in [2.45, 2.75) is 26.8 Å². The van der Waals surface area contributed by atoms with Crippen molar-refractivity contribution in [1.82, 2.24) is 9.97 Å². The summed E-state index contributed by atoms with van der Waals surface area (Å²) in [6, 6.07) is 1.75. The van der Waals surface area contributed by atoms with Gasteiger partial charge >= 0.3 is 5.97 Å². The standard InChI is InChI=1S/C12H18N4O2S/c1-7(2)16(6-10(17)18-4)12-14-8(3)5-9(15-12)11(13)19/h5,7H,6H2,1-4H3,(H2,13,19). The number of aromatic nitrogens is 2. The third-order valence-electron chi connectivity index (χ3n) is 2.50. The first-order chi connectivity index (χ1) is 8.85. The van der Waals surface area contributed by atoms with Gasteiger partial charge in [0.2, 0.25) is 5.95 Å². The molecule has 1 aromatic rings. The summed E-state index contributed by atoms with van der Waals surface area (Å²) in [5, 5.41) is 0. The number of hydrogen-bond acceptors (Lipinski definition) is 6. The number of rotatable bonds is 5. The Balaban J connectivity index is 3.15. The minimum atomic E-state index is -0.351. The summed E-state index contributed by atoms with van der Waals surface area (Å²) in [6.07, 6.45) is 0. The number of carbonyl (C=O) groups excluding carboxylic acids is 1. The monoisotopic (exact) mass is 282 g/mol. The van der Waals surface area contributed by atoms with Crippen molar-refractivity contribution < 1.29 is 9.53 Å². The van der Waals surface area contributed by atoms with Crippen LogP contribution in [-0.4, -0.2) is 40.6 Å². The Kier molecular flexibility index (Phi) is 5.17. The van der Waals surface area contributed by atoms with E-state index in [2.05, 4.69) is 14.7 Å². The molecule has 0 aliphatic carbocycles. The summed E-state index contributed by atoms with van der Waals surface area (Å²) in [7, 11) is 1.35. The molecule has 1 heterocycles. The van der Waals surface area contributed by atoms with Crippen LogP contribution >= 0.6 is 12.2 Å². The number of nitrogens with two attached hydrogens (primary N) is 1. The molecular formula is C12H18N4O2S. The number of methoxy groups -OCH3 is 1. The lowest BCUT2D eigenvalue weighted by molar-refractivity contribution is -0.139. The Labute approximate surface area is 118 Å². The fourth-order valence-corrected chi connectivity index (χ4v) is 1.60. The molecule has 0 atom stereocenters. The molecule has 0 fully saturated rings. The molecule has 104 valence electrons. The van der Waals surface area contributed by atoms with Crippen molar-refractivity contribution in [3.63, 3.8) is 0 Å². The normalized spacial score (nSPS) is 10.4. The van der Waals surface area contributed by atoms with Gasteiger partial charge in [0.05, 0.1) is 7.11 Å². The zero-order valence-electron chi connectivity index (χ0n) is 11.5. The lowest BCUT2D eigenvalue weighted by Crippen LogP contribution is -2.38. The molecule has 0 saturated heterocycles. The Morgan fingerprint density at radius 2 is 2.16 bits per heavy atom. The highest BCUT2D eigenvalue weighted by atomic mass is 32.1. The lowest BCUT2D eigenvalue weighted by Gasteiger charge is -2.25. The second-order valence-electron chi connectivity index (χ2n) is 4.36. The zero-order valence-corrected chi connectivity index (χ0v) is 12.3. The fraction of sp³-hybridized carbons (Fsp3) is 0.500. The summed E-state index contributed by atoms with van der Waals surface area (Å²) >= 11 is 4.92. The predicted octanol–water partition coefficient (Wildman–Crippen LogP) is 0.807. The molecule has 0 spiro atoms. The van der Waals surface area contributed by atoms with Gasteiger partial charge in [-0.15, -0.1) is 0 Å². The fourth-order valence-electron chi connectivity index (χ4n) is 1.50. The van der Waals surface area contributed by atoms with Crippen molar-refractivity contribution in [2.24, 2.45) is 5.73 Å². The van der Waals surface area contributed by atoms with Gasteiger partial charge in [-0.25, -0.2) is 9.97 Å². The number of anilines is 1. The predicted molar refractivity (Wildman–Crippen MR) is 77.2 cm³/mol. The third-order valence-corrected chi connectivity index (χ3v) is 2.71. The quantitative estimate of drug-likeness (QED) is 0.632. The summed E-state index contributed by atoms with van der Waals surface area (Å²) in [5.41, 5.74) is 6.82. The number of nitrogens with zero attached hydrogens (tertiary/aromatic N) is 3. The molecule has 19 heavy (non-hydrogen) atoms. The van der Waals surface area contributed by atoms with E-state index in [1.165, 1.54) is 7.11 Å². The first-order valence-corrected chi connectivity index (χ1v) is 6.25. The average Bonchev–Trinajstić information content (AvgIpc) is 2.34. The van der Waals surface area contributed by atoms with Gasteiger partial charge in [0, 0.05) is 11.7 Å². The molecule has 2 N–H and O–H groups in total. The Morgan fingerprint density at radius 1 is 1.53 bits per heavy atom. The van der Waals surface area contributed by atoms with E-state index in [9.17, 15) is 4.79 Å². The van der Waals surface area contributed by atoms with E-state index in [-0.39, 0.29) is 23.5 Å². The Hall–Kier alpha value is -1.76. The van der Waals surface area contributed by atoms with Crippen molar-refractivity contribution in [3.05, 3.63) is 17.5 Å². The smallest absolute Gasteiger partial charge is 0.325 e. The first-order valence-electron chi connectivity index (χ1n) is 5.84. The zero-order chi connectivity index (χ0) is 14.6. The van der Waals surface area contributed by atoms with Gasteiger partial charge in [-0.1, -0.05) is 12.2 Å². The molecular weight excluding hydrogens is 264 g/mol. The summed E-state index contributed by atoms with van der Waals surface area (Å²) in [4.78, 5) is 22.0. The second-order valence-corrected chi connectivity index (χ2v) is 4.80. The summed E-state index contributed by atoms with van der Waals surface area (Å²) in [6.45, 7) is 5.78. The van der Waals surface area contributed by atoms with Gasteiger partial charge in [0.1, 0.15) is 17.2 Å². The lowest BCUT2D eigenvalue weighted by atomic mass is 10.3. The summed E-state index contributed by atoms with van der Waals surface area (Å²) in [5.74, 6) is 0.0684. The van der Waals surface area contributed by atoms with E-state index in [1.54, 1.807) is 11.0 Å². The van der Waals surface area contributed by atoms with E-state index in [4.69, 9.17) is 18.0 Å². The van der Waals surface area contributed by atoms with Crippen LogP contribution in [0.5, 0.6) is 0 Å². The molecule has 0 aromatic carbocycles. The highest BCUT2D eigenvalue weighted by Gasteiger charge is 2.19. The Bertz CT molecular complexity index is 491. The van der Waals surface area contributed by atoms with Crippen LogP contribution in [0.25, 0.3) is 0 Å². The molecule has 0 saturated carbocycles. The van der Waals surface area contributed by atoms with Crippen molar-refractivity contribution in [2.75, 3.05) is 18.6 Å². The van der Waals surface area contributed by atoms with Crippen molar-refractivity contribution >= 4 is 29.1 Å². The number of esters is 1. The molecule has 7 heteroatoms. The molecule has 1 rings (SSSR count). The van der Waals surface area contributed by atoms with Crippen LogP contribution in [0.3, 0.4) is 0 Å². The maximum absolute atomic E-state index is 11.4. The topological polar surface area (TPSA) is 81.3 Å². The van der Waals surface area contributed by atoms with E-state index in [0.29, 0.717) is 11.6 Å². The maximum atomic E-state index is 11.4. The van der Waals surface area contributed by atoms with Crippen molar-refractivity contribution in [3.8, 4) is 0 Å². The van der Waals surface area contributed by atoms with Crippen LogP contribution in [0.4, 0.5) is 5.95 Å². The van der Waals surface area contributed by atoms with Gasteiger partial charge < -0.3 is 15.4 Å². The number of hydrogen-bond donors (Lipinski definition) is 1. The van der Waals surface area contributed by atoms with E-state index in [1.807, 2.05) is 20.8 Å². The molecule has 0 amide bonds. The molecule has 0 aliphatic heterocycles. The van der Waals surface area contributed by atoms with Gasteiger partial charge in [0.25, 0.3) is 0 Å². The van der Waals surface area contributed by atoms with Gasteiger partial charge in [0.15, 0.2) is 0 Å². The maximum Gasteiger partial charge on any atom is 0.325 e. The molecule has 0 radical (unpaired) electrons. The van der Waals surface area contributed by atoms with Gasteiger partial charge in [-0.05, 0) is 26.8 Å². The molecule has 6 nitrogen and oxygen atoms in total. The molecule has 0 bridgehead atoms. The first kappa shape index (κ1) is 15.3. The van der Waals surface area contributed by atoms with Crippen LogP contribution in [0.15, 0.2) is 6.07 Å². The number of thiocarbonyl (C=S) groups is 1. The minimum Gasteiger partial charge on any atom is -0.468 e. The van der Waals surface area contributed by atoms with Crippen molar-refractivity contribution in [1.29, 1.82) is 0 Å². The SMILES string of the molecule is COC(=O)CN(c1nc(C)cc(C(N)=S)n1)C(C)C. The highest BCUT2D eigenvalue weighted by Crippen LogP contribution is 2.13. The van der Waals surface area contributed by atoms with Crippen LogP contribution < -0.4 is 10.6 Å². The minimum absolute atomic E-state index is 0.0418.